The average Bonchev–Trinajstić information content (AvgIpc) is 2.38. The van der Waals surface area contributed by atoms with Crippen LogP contribution >= 0.6 is 24.0 Å². The van der Waals surface area contributed by atoms with Gasteiger partial charge in [-0.15, -0.1) is 24.0 Å². The van der Waals surface area contributed by atoms with E-state index in [2.05, 4.69) is 15.3 Å². The van der Waals surface area contributed by atoms with E-state index in [1.54, 1.807) is 24.5 Å². The van der Waals surface area contributed by atoms with Gasteiger partial charge in [-0.25, -0.2) is 0 Å². The molecular weight excluding hydrogens is 369 g/mol. The topological polar surface area (TPSA) is 60.8 Å². The highest BCUT2D eigenvalue weighted by molar-refractivity contribution is 14.0. The van der Waals surface area contributed by atoms with Crippen LogP contribution in [0.4, 0.5) is 0 Å². The highest BCUT2D eigenvalue weighted by atomic mass is 127. The quantitative estimate of drug-likeness (QED) is 0.359. The first-order valence-electron chi connectivity index (χ1n) is 6.09. The summed E-state index contributed by atoms with van der Waals surface area (Å²) in [5.41, 5.74) is 0.562. The molecule has 1 aromatic heterocycles. The van der Waals surface area contributed by atoms with E-state index in [-0.39, 0.29) is 29.9 Å². The van der Waals surface area contributed by atoms with Gasteiger partial charge in [0.05, 0.1) is 12.1 Å². The number of nitrogens with one attached hydrogen (secondary N) is 1. The number of carbonyl (C=O) groups excluding carboxylic acids is 1. The number of rotatable bonds is 4. The second kappa shape index (κ2) is 9.51. The fraction of sp³-hybridized carbons (Fsp3) is 0.462. The third kappa shape index (κ3) is 6.18. The van der Waals surface area contributed by atoms with Crippen molar-refractivity contribution in [2.75, 3.05) is 41.3 Å². The molecular formula is C13H22IN5O. The zero-order valence-corrected chi connectivity index (χ0v) is 14.7. The number of aliphatic imine (C=N–C) groups is 1. The van der Waals surface area contributed by atoms with Crippen molar-refractivity contribution in [2.45, 2.75) is 0 Å². The van der Waals surface area contributed by atoms with E-state index in [9.17, 15) is 4.79 Å². The molecule has 0 saturated carbocycles. The average molecular weight is 391 g/mol. The summed E-state index contributed by atoms with van der Waals surface area (Å²) in [7, 11) is 7.75. The van der Waals surface area contributed by atoms with Crippen molar-refractivity contribution in [2.24, 2.45) is 4.99 Å². The van der Waals surface area contributed by atoms with Crippen LogP contribution in [0.15, 0.2) is 29.5 Å². The summed E-state index contributed by atoms with van der Waals surface area (Å²) in [6.45, 7) is 1.04. The molecule has 0 atom stereocenters. The van der Waals surface area contributed by atoms with Gasteiger partial charge < -0.3 is 15.1 Å². The van der Waals surface area contributed by atoms with Crippen molar-refractivity contribution in [3.8, 4) is 0 Å². The SMILES string of the molecule is CN(C)C(=NCCNC(=O)c1cccnc1)N(C)C.I. The van der Waals surface area contributed by atoms with Crippen molar-refractivity contribution in [3.63, 3.8) is 0 Å². The highest BCUT2D eigenvalue weighted by Gasteiger charge is 2.05. The number of hydrogen-bond acceptors (Lipinski definition) is 3. The van der Waals surface area contributed by atoms with Gasteiger partial charge in [0.2, 0.25) is 0 Å². The van der Waals surface area contributed by atoms with Gasteiger partial charge >= 0.3 is 0 Å². The molecule has 6 nitrogen and oxygen atoms in total. The molecule has 0 aromatic carbocycles. The third-order valence-electron chi connectivity index (χ3n) is 2.37. The molecule has 1 amide bonds. The molecule has 1 heterocycles. The number of hydrogen-bond donors (Lipinski definition) is 1. The molecule has 0 unspecified atom stereocenters. The number of aromatic nitrogens is 1. The lowest BCUT2D eigenvalue weighted by Crippen LogP contribution is -2.36. The zero-order chi connectivity index (χ0) is 14.3. The Morgan fingerprint density at radius 1 is 1.30 bits per heavy atom. The van der Waals surface area contributed by atoms with E-state index in [1.165, 1.54) is 0 Å². The van der Waals surface area contributed by atoms with Gasteiger partial charge in [0.1, 0.15) is 0 Å². The fourth-order valence-corrected chi connectivity index (χ4v) is 1.61. The Morgan fingerprint density at radius 2 is 1.95 bits per heavy atom. The van der Waals surface area contributed by atoms with Crippen molar-refractivity contribution in [1.29, 1.82) is 0 Å². The number of nitrogens with zero attached hydrogens (tertiary/aromatic N) is 4. The van der Waals surface area contributed by atoms with Crippen LogP contribution in [0.25, 0.3) is 0 Å². The van der Waals surface area contributed by atoms with E-state index in [1.807, 2.05) is 38.0 Å². The van der Waals surface area contributed by atoms with Gasteiger partial charge in [0.15, 0.2) is 5.96 Å². The second-order valence-electron chi connectivity index (χ2n) is 4.47. The maximum absolute atomic E-state index is 11.7. The monoisotopic (exact) mass is 391 g/mol. The maximum atomic E-state index is 11.7. The van der Waals surface area contributed by atoms with Gasteiger partial charge in [-0.3, -0.25) is 14.8 Å². The van der Waals surface area contributed by atoms with Crippen LogP contribution in [0.2, 0.25) is 0 Å². The van der Waals surface area contributed by atoms with Crippen LogP contribution in [0.3, 0.4) is 0 Å². The van der Waals surface area contributed by atoms with Crippen LogP contribution < -0.4 is 5.32 Å². The molecule has 0 bridgehead atoms. The predicted octanol–water partition coefficient (Wildman–Crippen LogP) is 0.909. The first-order valence-corrected chi connectivity index (χ1v) is 6.09. The smallest absolute Gasteiger partial charge is 0.252 e. The normalized spacial score (nSPS) is 9.20. The van der Waals surface area contributed by atoms with E-state index >= 15 is 0 Å². The molecule has 1 aromatic rings. The van der Waals surface area contributed by atoms with Gasteiger partial charge in [0.25, 0.3) is 5.91 Å². The Kier molecular flexibility index (Phi) is 8.86. The summed E-state index contributed by atoms with van der Waals surface area (Å²) < 4.78 is 0. The van der Waals surface area contributed by atoms with Crippen LogP contribution in [0.5, 0.6) is 0 Å². The molecule has 1 N–H and O–H groups in total. The molecule has 0 fully saturated rings. The van der Waals surface area contributed by atoms with Crippen molar-refractivity contribution in [3.05, 3.63) is 30.1 Å². The minimum Gasteiger partial charge on any atom is -0.350 e. The minimum atomic E-state index is -0.125. The van der Waals surface area contributed by atoms with Crippen molar-refractivity contribution < 1.29 is 4.79 Å². The maximum Gasteiger partial charge on any atom is 0.252 e. The van der Waals surface area contributed by atoms with Crippen LogP contribution in [-0.4, -0.2) is 67.9 Å². The van der Waals surface area contributed by atoms with E-state index in [4.69, 9.17) is 0 Å². The fourth-order valence-electron chi connectivity index (χ4n) is 1.61. The van der Waals surface area contributed by atoms with Crippen LogP contribution in [0.1, 0.15) is 10.4 Å². The Balaban J connectivity index is 0.00000361. The van der Waals surface area contributed by atoms with Gasteiger partial charge in [0, 0.05) is 47.1 Å². The lowest BCUT2D eigenvalue weighted by atomic mass is 10.3. The summed E-state index contributed by atoms with van der Waals surface area (Å²) in [4.78, 5) is 23.9. The van der Waals surface area contributed by atoms with Gasteiger partial charge in [-0.05, 0) is 12.1 Å². The lowest BCUT2D eigenvalue weighted by molar-refractivity contribution is 0.0954. The van der Waals surface area contributed by atoms with Crippen LogP contribution in [-0.2, 0) is 0 Å². The minimum absolute atomic E-state index is 0. The molecule has 1 rings (SSSR count). The first-order chi connectivity index (χ1) is 9.02. The van der Waals surface area contributed by atoms with E-state index in [0.717, 1.165) is 5.96 Å². The number of amides is 1. The number of carbonyl (C=O) groups is 1. The largest absolute Gasteiger partial charge is 0.350 e. The summed E-state index contributed by atoms with van der Waals surface area (Å²) in [5, 5.41) is 2.81. The molecule has 0 spiro atoms. The molecule has 0 aliphatic carbocycles. The summed E-state index contributed by atoms with van der Waals surface area (Å²) >= 11 is 0. The summed E-state index contributed by atoms with van der Waals surface area (Å²) in [6.07, 6.45) is 3.19. The molecule has 7 heteroatoms. The standard InChI is InChI=1S/C13H21N5O.HI/c1-17(2)13(18(3)4)16-9-8-15-12(19)11-6-5-7-14-10-11;/h5-7,10H,8-9H2,1-4H3,(H,15,19);1H. The highest BCUT2D eigenvalue weighted by Crippen LogP contribution is 1.94. The molecule has 0 radical (unpaired) electrons. The van der Waals surface area contributed by atoms with E-state index in [0.29, 0.717) is 18.7 Å². The first kappa shape index (κ1) is 18.6. The van der Waals surface area contributed by atoms with Crippen LogP contribution in [0, 0.1) is 0 Å². The Hall–Kier alpha value is -1.38. The van der Waals surface area contributed by atoms with Gasteiger partial charge in [-0.2, -0.15) is 0 Å². The zero-order valence-electron chi connectivity index (χ0n) is 12.3. The molecule has 0 saturated heterocycles. The third-order valence-corrected chi connectivity index (χ3v) is 2.37. The predicted molar refractivity (Wildman–Crippen MR) is 91.7 cm³/mol. The number of pyridine rings is 1. The second-order valence-corrected chi connectivity index (χ2v) is 4.47. The number of halogens is 1. The Bertz CT molecular complexity index is 424. The Labute approximate surface area is 137 Å². The molecule has 112 valence electrons. The molecule has 0 aliphatic heterocycles. The van der Waals surface area contributed by atoms with Crippen molar-refractivity contribution in [1.82, 2.24) is 20.1 Å². The lowest BCUT2D eigenvalue weighted by Gasteiger charge is -2.22. The summed E-state index contributed by atoms with van der Waals surface area (Å²) in [5.74, 6) is 0.746. The number of guanidine groups is 1. The van der Waals surface area contributed by atoms with Crippen molar-refractivity contribution >= 4 is 35.8 Å². The summed E-state index contributed by atoms with van der Waals surface area (Å²) in [6, 6.07) is 3.47. The van der Waals surface area contributed by atoms with Gasteiger partial charge in [-0.1, -0.05) is 0 Å². The Morgan fingerprint density at radius 3 is 2.45 bits per heavy atom. The molecule has 20 heavy (non-hydrogen) atoms. The molecule has 0 aliphatic rings. The van der Waals surface area contributed by atoms with E-state index < -0.39 is 0 Å².